The van der Waals surface area contributed by atoms with Crippen molar-refractivity contribution in [2.75, 3.05) is 13.7 Å². The maximum Gasteiger partial charge on any atom is 0.325 e. The fourth-order valence-electron chi connectivity index (χ4n) is 2.88. The van der Waals surface area contributed by atoms with Crippen LogP contribution in [-0.2, 0) is 15.1 Å². The van der Waals surface area contributed by atoms with Crippen molar-refractivity contribution in [3.8, 4) is 5.75 Å². The highest BCUT2D eigenvalue weighted by Gasteiger charge is 2.51. The van der Waals surface area contributed by atoms with E-state index in [1.165, 1.54) is 6.92 Å². The number of nitrogens with zero attached hydrogens (tertiary/aromatic N) is 1. The average molecular weight is 318 g/mol. The number of imide groups is 1. The summed E-state index contributed by atoms with van der Waals surface area (Å²) < 4.78 is 5.24. The van der Waals surface area contributed by atoms with Crippen LogP contribution in [0.2, 0.25) is 0 Å². The molecule has 23 heavy (non-hydrogen) atoms. The first-order valence-electron chi connectivity index (χ1n) is 7.64. The van der Waals surface area contributed by atoms with Gasteiger partial charge in [-0.1, -0.05) is 13.0 Å². The lowest BCUT2D eigenvalue weighted by Gasteiger charge is -2.26. The summed E-state index contributed by atoms with van der Waals surface area (Å²) in [4.78, 5) is 37.3. The maximum atomic E-state index is 12.8. The first-order chi connectivity index (χ1) is 10.9. The van der Waals surface area contributed by atoms with Gasteiger partial charge < -0.3 is 10.1 Å². The summed E-state index contributed by atoms with van der Waals surface area (Å²) in [5.41, 5.74) is 0.536. The number of hydrogen-bond acceptors (Lipinski definition) is 4. The Balaban J connectivity index is 2.37. The maximum absolute atomic E-state index is 12.8. The molecule has 0 spiro atoms. The number of rotatable bonds is 6. The van der Waals surface area contributed by atoms with E-state index in [0.717, 1.165) is 21.8 Å². The highest BCUT2D eigenvalue weighted by Crippen LogP contribution is 2.34. The number of benzene rings is 1. The van der Waals surface area contributed by atoms with Crippen LogP contribution in [0.4, 0.5) is 4.79 Å². The minimum Gasteiger partial charge on any atom is -0.496 e. The second-order valence-electron chi connectivity index (χ2n) is 5.78. The van der Waals surface area contributed by atoms with Crippen molar-refractivity contribution >= 4 is 17.7 Å². The standard InChI is InChI=1S/C17H22N2O4/c1-5-17(13-6-7-14(23-4)11(2)10-13)15(21)19(16(22)18-17)9-8-12(3)20/h6-7,10H,5,8-9H2,1-4H3,(H,18,22). The van der Waals surface area contributed by atoms with Crippen molar-refractivity contribution in [2.24, 2.45) is 0 Å². The van der Waals surface area contributed by atoms with Crippen molar-refractivity contribution in [1.29, 1.82) is 0 Å². The van der Waals surface area contributed by atoms with Gasteiger partial charge in [0.2, 0.25) is 0 Å². The zero-order chi connectivity index (χ0) is 17.2. The molecule has 1 heterocycles. The predicted octanol–water partition coefficient (Wildman–Crippen LogP) is 2.14. The van der Waals surface area contributed by atoms with Crippen molar-refractivity contribution < 1.29 is 19.1 Å². The van der Waals surface area contributed by atoms with Gasteiger partial charge >= 0.3 is 6.03 Å². The third-order valence-corrected chi connectivity index (χ3v) is 4.28. The molecular weight excluding hydrogens is 296 g/mol. The van der Waals surface area contributed by atoms with Crippen LogP contribution in [0.5, 0.6) is 5.75 Å². The molecule has 1 atom stereocenters. The highest BCUT2D eigenvalue weighted by molar-refractivity contribution is 6.07. The summed E-state index contributed by atoms with van der Waals surface area (Å²) in [6.45, 7) is 5.29. The Morgan fingerprint density at radius 3 is 2.57 bits per heavy atom. The number of aryl methyl sites for hydroxylation is 1. The van der Waals surface area contributed by atoms with Gasteiger partial charge in [0, 0.05) is 13.0 Å². The van der Waals surface area contributed by atoms with Gasteiger partial charge in [-0.15, -0.1) is 0 Å². The van der Waals surface area contributed by atoms with Gasteiger partial charge in [0.05, 0.1) is 7.11 Å². The van der Waals surface area contributed by atoms with Crippen LogP contribution in [0.3, 0.4) is 0 Å². The molecule has 0 bridgehead atoms. The van der Waals surface area contributed by atoms with E-state index in [1.54, 1.807) is 19.2 Å². The molecule has 0 radical (unpaired) electrons. The van der Waals surface area contributed by atoms with Gasteiger partial charge in [0.25, 0.3) is 5.91 Å². The molecule has 1 saturated heterocycles. The molecule has 2 rings (SSSR count). The molecule has 1 N–H and O–H groups in total. The van der Waals surface area contributed by atoms with Crippen LogP contribution >= 0.6 is 0 Å². The number of ether oxygens (including phenoxy) is 1. The second-order valence-corrected chi connectivity index (χ2v) is 5.78. The summed E-state index contributed by atoms with van der Waals surface area (Å²) in [5.74, 6) is 0.362. The average Bonchev–Trinajstić information content (AvgIpc) is 2.76. The van der Waals surface area contributed by atoms with Crippen LogP contribution in [0.25, 0.3) is 0 Å². The van der Waals surface area contributed by atoms with Crippen LogP contribution in [0, 0.1) is 6.92 Å². The SMILES string of the molecule is CCC1(c2ccc(OC)c(C)c2)NC(=O)N(CCC(C)=O)C1=O. The molecule has 1 aliphatic rings. The molecule has 1 fully saturated rings. The van der Waals surface area contributed by atoms with Gasteiger partial charge in [-0.3, -0.25) is 14.5 Å². The molecule has 1 unspecified atom stereocenters. The second kappa shape index (κ2) is 6.40. The Morgan fingerprint density at radius 2 is 2.04 bits per heavy atom. The van der Waals surface area contributed by atoms with E-state index in [4.69, 9.17) is 4.74 Å². The van der Waals surface area contributed by atoms with Crippen LogP contribution in [0.1, 0.15) is 37.8 Å². The number of hydrogen-bond donors (Lipinski definition) is 1. The molecule has 0 aromatic heterocycles. The van der Waals surface area contributed by atoms with E-state index >= 15 is 0 Å². The van der Waals surface area contributed by atoms with Gasteiger partial charge in [0.1, 0.15) is 17.1 Å². The van der Waals surface area contributed by atoms with Gasteiger partial charge in [-0.05, 0) is 43.5 Å². The van der Waals surface area contributed by atoms with E-state index in [9.17, 15) is 14.4 Å². The summed E-state index contributed by atoms with van der Waals surface area (Å²) in [5, 5.41) is 2.81. The number of urea groups is 1. The molecule has 0 saturated carbocycles. The van der Waals surface area contributed by atoms with Crippen molar-refractivity contribution in [3.05, 3.63) is 29.3 Å². The summed E-state index contributed by atoms with van der Waals surface area (Å²) >= 11 is 0. The topological polar surface area (TPSA) is 75.7 Å². The smallest absolute Gasteiger partial charge is 0.325 e. The van der Waals surface area contributed by atoms with Crippen molar-refractivity contribution in [2.45, 2.75) is 39.2 Å². The quantitative estimate of drug-likeness (QED) is 0.815. The van der Waals surface area contributed by atoms with E-state index in [1.807, 2.05) is 19.9 Å². The lowest BCUT2D eigenvalue weighted by atomic mass is 9.86. The number of Topliss-reactive ketones (excluding diaryl/α,β-unsaturated/α-hetero) is 1. The number of nitrogens with one attached hydrogen (secondary N) is 1. The fourth-order valence-corrected chi connectivity index (χ4v) is 2.88. The molecule has 0 aliphatic carbocycles. The van der Waals surface area contributed by atoms with Gasteiger partial charge in [-0.2, -0.15) is 0 Å². The third-order valence-electron chi connectivity index (χ3n) is 4.28. The third kappa shape index (κ3) is 2.93. The van der Waals surface area contributed by atoms with E-state index in [0.29, 0.717) is 6.42 Å². The number of carbonyl (C=O) groups excluding carboxylic acids is 3. The van der Waals surface area contributed by atoms with Gasteiger partial charge in [-0.25, -0.2) is 4.79 Å². The molecule has 124 valence electrons. The zero-order valence-corrected chi connectivity index (χ0v) is 13.9. The summed E-state index contributed by atoms with van der Waals surface area (Å²) in [7, 11) is 1.59. The monoisotopic (exact) mass is 318 g/mol. The summed E-state index contributed by atoms with van der Waals surface area (Å²) in [6, 6.07) is 4.99. The van der Waals surface area contributed by atoms with Crippen LogP contribution < -0.4 is 10.1 Å². The molecule has 6 heteroatoms. The normalized spacial score (nSPS) is 20.6. The minimum atomic E-state index is -1.08. The Hall–Kier alpha value is -2.37. The number of methoxy groups -OCH3 is 1. The Bertz CT molecular complexity index is 656. The van der Waals surface area contributed by atoms with Crippen molar-refractivity contribution in [1.82, 2.24) is 10.2 Å². The molecule has 1 aliphatic heterocycles. The molecule has 3 amide bonds. The number of ketones is 1. The Morgan fingerprint density at radius 1 is 1.35 bits per heavy atom. The summed E-state index contributed by atoms with van der Waals surface area (Å²) in [6.07, 6.45) is 0.598. The van der Waals surface area contributed by atoms with Gasteiger partial charge in [0.15, 0.2) is 0 Å². The molecular formula is C17H22N2O4. The Labute approximate surface area is 135 Å². The largest absolute Gasteiger partial charge is 0.496 e. The first-order valence-corrected chi connectivity index (χ1v) is 7.64. The van der Waals surface area contributed by atoms with Crippen LogP contribution in [-0.4, -0.2) is 36.3 Å². The van der Waals surface area contributed by atoms with Crippen molar-refractivity contribution in [3.63, 3.8) is 0 Å². The fraction of sp³-hybridized carbons (Fsp3) is 0.471. The van der Waals surface area contributed by atoms with Crippen LogP contribution in [0.15, 0.2) is 18.2 Å². The lowest BCUT2D eigenvalue weighted by molar-refractivity contribution is -0.132. The zero-order valence-electron chi connectivity index (χ0n) is 13.9. The lowest BCUT2D eigenvalue weighted by Crippen LogP contribution is -2.43. The van der Waals surface area contributed by atoms with E-state index < -0.39 is 11.6 Å². The molecule has 1 aromatic carbocycles. The molecule has 6 nitrogen and oxygen atoms in total. The van der Waals surface area contributed by atoms with E-state index in [2.05, 4.69) is 5.32 Å². The number of amides is 3. The Kier molecular flexibility index (Phi) is 4.73. The minimum absolute atomic E-state index is 0.0557. The molecule has 1 aromatic rings. The van der Waals surface area contributed by atoms with E-state index in [-0.39, 0.29) is 24.7 Å². The number of carbonyl (C=O) groups is 3. The highest BCUT2D eigenvalue weighted by atomic mass is 16.5. The predicted molar refractivity (Wildman–Crippen MR) is 85.2 cm³/mol. The first kappa shape index (κ1) is 17.0.